The number of carbonyl (C=O) groups is 2. The first kappa shape index (κ1) is 16.2. The monoisotopic (exact) mass is 344 g/mol. The number of aryl methyl sites for hydroxylation is 1. The summed E-state index contributed by atoms with van der Waals surface area (Å²) in [5.41, 5.74) is 3.06. The summed E-state index contributed by atoms with van der Waals surface area (Å²) in [6, 6.07) is 10.5. The van der Waals surface area contributed by atoms with Gasteiger partial charge in [0.05, 0.1) is 10.9 Å². The summed E-state index contributed by atoms with van der Waals surface area (Å²) in [7, 11) is 0. The van der Waals surface area contributed by atoms with Gasteiger partial charge in [0.1, 0.15) is 5.58 Å². The maximum absolute atomic E-state index is 12.5. The lowest BCUT2D eigenvalue weighted by Gasteiger charge is -2.11. The van der Waals surface area contributed by atoms with E-state index in [-0.39, 0.29) is 17.7 Å². The van der Waals surface area contributed by atoms with Crippen LogP contribution in [-0.4, -0.2) is 17.0 Å². The zero-order valence-electron chi connectivity index (χ0n) is 13.1. The van der Waals surface area contributed by atoms with E-state index < -0.39 is 5.91 Å². The van der Waals surface area contributed by atoms with Crippen LogP contribution in [0.2, 0.25) is 0 Å². The largest absolute Gasteiger partial charge is 0.451 e. The molecule has 0 spiro atoms. The number of fused-ring (bicyclic) bond motifs is 1. The van der Waals surface area contributed by atoms with E-state index in [1.807, 2.05) is 38.1 Å². The third-order valence-electron chi connectivity index (χ3n) is 3.78. The number of hydroxylamine groups is 1. The van der Waals surface area contributed by atoms with Crippen LogP contribution in [0.1, 0.15) is 43.6 Å². The van der Waals surface area contributed by atoms with Crippen LogP contribution >= 0.6 is 11.3 Å². The lowest BCUT2D eigenvalue weighted by molar-refractivity contribution is 0.0711. The predicted octanol–water partition coefficient (Wildman–Crippen LogP) is 3.41. The molecule has 1 aromatic carbocycles. The van der Waals surface area contributed by atoms with Gasteiger partial charge in [-0.3, -0.25) is 14.8 Å². The van der Waals surface area contributed by atoms with Crippen LogP contribution in [-0.2, 0) is 0 Å². The number of carbonyl (C=O) groups excluding carboxylic acids is 2. The third-order valence-corrected chi connectivity index (χ3v) is 5.04. The lowest BCUT2D eigenvalue weighted by atomic mass is 10.1. The number of furan rings is 1. The molecule has 124 valence electrons. The van der Waals surface area contributed by atoms with E-state index >= 15 is 0 Å². The van der Waals surface area contributed by atoms with Gasteiger partial charge in [0.2, 0.25) is 0 Å². The second kappa shape index (κ2) is 6.46. The predicted molar refractivity (Wildman–Crippen MR) is 90.4 cm³/mol. The van der Waals surface area contributed by atoms with Crippen LogP contribution in [0.4, 0.5) is 0 Å². The SMILES string of the molecule is Cc1c(C(=O)N[C@H](C)c2ccc(C(=O)NO)s2)oc2ccccc12. The standard InChI is InChI=1S/C17H16N2O4S/c1-9-11-5-3-4-6-12(11)23-15(9)17(21)18-10(2)13-7-8-14(24-13)16(20)19-22/h3-8,10,22H,1-2H3,(H,18,21)(H,19,20)/t10-/m1/s1. The Morgan fingerprint density at radius 1 is 1.17 bits per heavy atom. The maximum atomic E-state index is 12.5. The van der Waals surface area contributed by atoms with E-state index in [9.17, 15) is 9.59 Å². The van der Waals surface area contributed by atoms with Crippen molar-refractivity contribution in [2.24, 2.45) is 0 Å². The molecule has 6 nitrogen and oxygen atoms in total. The van der Waals surface area contributed by atoms with Gasteiger partial charge in [-0.05, 0) is 32.0 Å². The number of hydrogen-bond acceptors (Lipinski definition) is 5. The Morgan fingerprint density at radius 2 is 1.92 bits per heavy atom. The smallest absolute Gasteiger partial charge is 0.287 e. The summed E-state index contributed by atoms with van der Waals surface area (Å²) < 4.78 is 5.65. The van der Waals surface area contributed by atoms with E-state index in [1.54, 1.807) is 17.6 Å². The Balaban J connectivity index is 1.79. The van der Waals surface area contributed by atoms with Crippen LogP contribution in [0.25, 0.3) is 11.0 Å². The van der Waals surface area contributed by atoms with Gasteiger partial charge in [0.25, 0.3) is 11.8 Å². The number of para-hydroxylation sites is 1. The minimum absolute atomic E-state index is 0.285. The van der Waals surface area contributed by atoms with Crippen molar-refractivity contribution in [1.82, 2.24) is 10.8 Å². The Morgan fingerprint density at radius 3 is 2.62 bits per heavy atom. The molecular weight excluding hydrogens is 328 g/mol. The molecule has 3 aromatic rings. The minimum Gasteiger partial charge on any atom is -0.451 e. The average molecular weight is 344 g/mol. The number of hydrogen-bond donors (Lipinski definition) is 3. The molecule has 0 aliphatic carbocycles. The van der Waals surface area contributed by atoms with Gasteiger partial charge in [0, 0.05) is 15.8 Å². The molecule has 0 radical (unpaired) electrons. The van der Waals surface area contributed by atoms with Gasteiger partial charge in [-0.1, -0.05) is 18.2 Å². The Hall–Kier alpha value is -2.64. The van der Waals surface area contributed by atoms with Gasteiger partial charge >= 0.3 is 0 Å². The zero-order valence-corrected chi connectivity index (χ0v) is 13.9. The highest BCUT2D eigenvalue weighted by atomic mass is 32.1. The molecule has 3 rings (SSSR count). The zero-order chi connectivity index (χ0) is 17.3. The lowest BCUT2D eigenvalue weighted by Crippen LogP contribution is -2.26. The van der Waals surface area contributed by atoms with E-state index in [0.29, 0.717) is 10.5 Å². The second-order valence-corrected chi connectivity index (χ2v) is 6.51. The Labute approximate surface area is 142 Å². The number of thiophene rings is 1. The fourth-order valence-corrected chi connectivity index (χ4v) is 3.39. The van der Waals surface area contributed by atoms with Crippen LogP contribution in [0, 0.1) is 6.92 Å². The molecule has 1 atom stereocenters. The minimum atomic E-state index is -0.571. The molecule has 2 amide bonds. The van der Waals surface area contributed by atoms with E-state index in [1.165, 1.54) is 11.3 Å². The summed E-state index contributed by atoms with van der Waals surface area (Å²) in [5.74, 6) is -0.594. The summed E-state index contributed by atoms with van der Waals surface area (Å²) in [6.07, 6.45) is 0. The number of nitrogens with one attached hydrogen (secondary N) is 2. The normalized spacial score (nSPS) is 12.1. The molecule has 24 heavy (non-hydrogen) atoms. The van der Waals surface area contributed by atoms with Crippen LogP contribution in [0.15, 0.2) is 40.8 Å². The molecule has 0 unspecified atom stereocenters. The molecule has 2 aromatic heterocycles. The van der Waals surface area contributed by atoms with E-state index in [4.69, 9.17) is 9.62 Å². The molecule has 0 saturated heterocycles. The molecule has 7 heteroatoms. The number of rotatable bonds is 4. The van der Waals surface area contributed by atoms with Crippen molar-refractivity contribution in [3.05, 3.63) is 57.5 Å². The van der Waals surface area contributed by atoms with Crippen molar-refractivity contribution in [2.45, 2.75) is 19.9 Å². The summed E-state index contributed by atoms with van der Waals surface area (Å²) >= 11 is 1.20. The highest BCUT2D eigenvalue weighted by Gasteiger charge is 2.20. The quantitative estimate of drug-likeness (QED) is 0.499. The molecular formula is C17H16N2O4S. The first-order chi connectivity index (χ1) is 11.5. The Kier molecular flexibility index (Phi) is 4.37. The van der Waals surface area contributed by atoms with E-state index in [0.717, 1.165) is 15.8 Å². The molecule has 0 aliphatic rings. The molecule has 0 aliphatic heterocycles. The van der Waals surface area contributed by atoms with Crippen molar-refractivity contribution in [2.75, 3.05) is 0 Å². The fraction of sp³-hybridized carbons (Fsp3) is 0.176. The van der Waals surface area contributed by atoms with Crippen molar-refractivity contribution in [1.29, 1.82) is 0 Å². The van der Waals surface area contributed by atoms with Gasteiger partial charge in [-0.25, -0.2) is 5.48 Å². The highest BCUT2D eigenvalue weighted by molar-refractivity contribution is 7.14. The highest BCUT2D eigenvalue weighted by Crippen LogP contribution is 2.27. The van der Waals surface area contributed by atoms with Gasteiger partial charge in [-0.15, -0.1) is 11.3 Å². The molecule has 0 bridgehead atoms. The van der Waals surface area contributed by atoms with Crippen molar-refractivity contribution < 1.29 is 19.2 Å². The van der Waals surface area contributed by atoms with Gasteiger partial charge < -0.3 is 9.73 Å². The summed E-state index contributed by atoms with van der Waals surface area (Å²) in [4.78, 5) is 25.1. The van der Waals surface area contributed by atoms with Crippen molar-refractivity contribution >= 4 is 34.1 Å². The summed E-state index contributed by atoms with van der Waals surface area (Å²) in [5, 5.41) is 12.4. The summed E-state index contributed by atoms with van der Waals surface area (Å²) in [6.45, 7) is 3.67. The van der Waals surface area contributed by atoms with Crippen molar-refractivity contribution in [3.63, 3.8) is 0 Å². The van der Waals surface area contributed by atoms with E-state index in [2.05, 4.69) is 5.32 Å². The first-order valence-electron chi connectivity index (χ1n) is 7.34. The Bertz CT molecular complexity index is 912. The van der Waals surface area contributed by atoms with Crippen molar-refractivity contribution in [3.8, 4) is 0 Å². The number of amides is 2. The second-order valence-electron chi connectivity index (χ2n) is 5.39. The number of benzene rings is 1. The average Bonchev–Trinajstić information content (AvgIpc) is 3.20. The maximum Gasteiger partial charge on any atom is 0.287 e. The van der Waals surface area contributed by atoms with Crippen LogP contribution in [0.5, 0.6) is 0 Å². The fourth-order valence-electron chi connectivity index (χ4n) is 2.49. The van der Waals surface area contributed by atoms with Gasteiger partial charge in [-0.2, -0.15) is 0 Å². The van der Waals surface area contributed by atoms with Crippen LogP contribution < -0.4 is 10.8 Å². The molecule has 2 heterocycles. The third kappa shape index (κ3) is 2.91. The topological polar surface area (TPSA) is 91.6 Å². The van der Waals surface area contributed by atoms with Crippen LogP contribution in [0.3, 0.4) is 0 Å². The first-order valence-corrected chi connectivity index (χ1v) is 8.16. The molecule has 0 fully saturated rings. The molecule has 3 N–H and O–H groups in total. The van der Waals surface area contributed by atoms with Gasteiger partial charge in [0.15, 0.2) is 5.76 Å². The molecule has 0 saturated carbocycles.